The second-order valence-corrected chi connectivity index (χ2v) is 9.91. The lowest BCUT2D eigenvalue weighted by molar-refractivity contribution is -0.125. The highest BCUT2D eigenvalue weighted by atomic mass is 32.2. The number of rotatable bonds is 8. The molecule has 33 heavy (non-hydrogen) atoms. The monoisotopic (exact) mass is 468 g/mol. The Hall–Kier alpha value is -3.58. The molecule has 1 N–H and O–H groups in total. The van der Waals surface area contributed by atoms with Gasteiger partial charge in [0.1, 0.15) is 6.07 Å². The third kappa shape index (κ3) is 5.26. The maximum atomic E-state index is 12.5. The minimum atomic E-state index is -3.35. The van der Waals surface area contributed by atoms with E-state index in [1.807, 2.05) is 4.90 Å². The number of hydrogen-bond acceptors (Lipinski definition) is 8. The highest BCUT2D eigenvalue weighted by Crippen LogP contribution is 2.31. The van der Waals surface area contributed by atoms with E-state index >= 15 is 0 Å². The van der Waals surface area contributed by atoms with Gasteiger partial charge in [-0.15, -0.1) is 0 Å². The lowest BCUT2D eigenvalue weighted by Gasteiger charge is -2.30. The lowest BCUT2D eigenvalue weighted by atomic mass is 9.96. The van der Waals surface area contributed by atoms with E-state index in [0.29, 0.717) is 55.4 Å². The van der Waals surface area contributed by atoms with Crippen LogP contribution >= 0.6 is 0 Å². The number of hydrogen-bond donors (Lipinski definition) is 1. The van der Waals surface area contributed by atoms with Crippen molar-refractivity contribution in [3.05, 3.63) is 54.4 Å². The van der Waals surface area contributed by atoms with Crippen LogP contribution in [0.25, 0.3) is 11.7 Å². The summed E-state index contributed by atoms with van der Waals surface area (Å²) in [5.41, 5.74) is 0.184. The molecule has 0 unspecified atom stereocenters. The predicted molar refractivity (Wildman–Crippen MR) is 120 cm³/mol. The highest BCUT2D eigenvalue weighted by molar-refractivity contribution is 7.91. The standard InChI is InChI=1S/C23H24N4O5S/c24-16-19-23(32-22(26-19)20-8-4-14-31-20)27-12-9-17(10-13-27)21(28)25-11-5-15-33(29,30)18-6-2-1-3-7-18/h1-4,6-8,14,17H,5,9-13,15H2,(H,25,28). The van der Waals surface area contributed by atoms with Crippen LogP contribution in [-0.2, 0) is 14.6 Å². The van der Waals surface area contributed by atoms with Crippen molar-refractivity contribution >= 4 is 21.6 Å². The Morgan fingerprint density at radius 1 is 1.18 bits per heavy atom. The maximum Gasteiger partial charge on any atom is 0.266 e. The number of sulfone groups is 1. The molecule has 1 amide bonds. The summed E-state index contributed by atoms with van der Waals surface area (Å²) in [6.45, 7) is 1.39. The topological polar surface area (TPSA) is 129 Å². The number of nitrogens with one attached hydrogen (secondary N) is 1. The summed E-state index contributed by atoms with van der Waals surface area (Å²) in [6, 6.07) is 13.8. The number of furan rings is 1. The third-order valence-corrected chi connectivity index (χ3v) is 7.41. The van der Waals surface area contributed by atoms with Gasteiger partial charge in [-0.25, -0.2) is 8.42 Å². The molecule has 172 valence electrons. The van der Waals surface area contributed by atoms with E-state index < -0.39 is 9.84 Å². The summed E-state index contributed by atoms with van der Waals surface area (Å²) < 4.78 is 35.7. The van der Waals surface area contributed by atoms with E-state index in [0.717, 1.165) is 0 Å². The van der Waals surface area contributed by atoms with Gasteiger partial charge in [-0.05, 0) is 43.5 Å². The van der Waals surface area contributed by atoms with E-state index in [1.165, 1.54) is 6.26 Å². The number of amides is 1. The number of aromatic nitrogens is 1. The first-order chi connectivity index (χ1) is 16.0. The van der Waals surface area contributed by atoms with Gasteiger partial charge in [0.05, 0.1) is 16.9 Å². The summed E-state index contributed by atoms with van der Waals surface area (Å²) >= 11 is 0. The predicted octanol–water partition coefficient (Wildman–Crippen LogP) is 3.00. The molecule has 1 aliphatic heterocycles. The largest absolute Gasteiger partial charge is 0.459 e. The Kier molecular flexibility index (Phi) is 6.79. The van der Waals surface area contributed by atoms with Crippen LogP contribution in [0.15, 0.2) is 62.5 Å². The zero-order valence-corrected chi connectivity index (χ0v) is 18.8. The van der Waals surface area contributed by atoms with E-state index in [4.69, 9.17) is 8.83 Å². The minimum absolute atomic E-state index is 0.0177. The van der Waals surface area contributed by atoms with E-state index in [1.54, 1.807) is 42.5 Å². The van der Waals surface area contributed by atoms with Gasteiger partial charge in [0, 0.05) is 25.6 Å². The number of carbonyl (C=O) groups excluding carboxylic acids is 1. The molecule has 0 bridgehead atoms. The zero-order valence-electron chi connectivity index (χ0n) is 17.9. The van der Waals surface area contributed by atoms with Crippen LogP contribution in [0, 0.1) is 17.2 Å². The highest BCUT2D eigenvalue weighted by Gasteiger charge is 2.29. The quantitative estimate of drug-likeness (QED) is 0.500. The number of carbonyl (C=O) groups is 1. The summed E-state index contributed by atoms with van der Waals surface area (Å²) in [6.07, 6.45) is 3.04. The number of anilines is 1. The summed E-state index contributed by atoms with van der Waals surface area (Å²) in [7, 11) is -3.35. The number of benzene rings is 1. The summed E-state index contributed by atoms with van der Waals surface area (Å²) in [4.78, 5) is 18.9. The van der Waals surface area contributed by atoms with Crippen molar-refractivity contribution in [2.75, 3.05) is 30.3 Å². The van der Waals surface area contributed by atoms with Crippen LogP contribution in [0.1, 0.15) is 25.0 Å². The smallest absolute Gasteiger partial charge is 0.266 e. The van der Waals surface area contributed by atoms with Gasteiger partial charge in [-0.2, -0.15) is 10.2 Å². The van der Waals surface area contributed by atoms with Gasteiger partial charge in [-0.3, -0.25) is 4.79 Å². The number of oxazole rings is 1. The first-order valence-electron chi connectivity index (χ1n) is 10.7. The number of nitrogens with zero attached hydrogens (tertiary/aromatic N) is 3. The molecular weight excluding hydrogens is 444 g/mol. The van der Waals surface area contributed by atoms with Gasteiger partial charge in [0.2, 0.25) is 17.5 Å². The molecule has 1 aromatic carbocycles. The van der Waals surface area contributed by atoms with E-state index in [-0.39, 0.29) is 29.2 Å². The van der Waals surface area contributed by atoms with Crippen LogP contribution in [0.5, 0.6) is 0 Å². The fourth-order valence-corrected chi connectivity index (χ4v) is 5.15. The first kappa shape index (κ1) is 22.6. The molecule has 1 fully saturated rings. The van der Waals surface area contributed by atoms with Crippen molar-refractivity contribution in [2.45, 2.75) is 24.2 Å². The molecule has 9 nitrogen and oxygen atoms in total. The lowest BCUT2D eigenvalue weighted by Crippen LogP contribution is -2.41. The fraction of sp³-hybridized carbons (Fsp3) is 0.348. The van der Waals surface area contributed by atoms with Crippen molar-refractivity contribution in [3.8, 4) is 17.7 Å². The van der Waals surface area contributed by atoms with Crippen molar-refractivity contribution in [1.29, 1.82) is 5.26 Å². The first-order valence-corrected chi connectivity index (χ1v) is 12.4. The van der Waals surface area contributed by atoms with Crippen LogP contribution in [-0.4, -0.2) is 44.7 Å². The van der Waals surface area contributed by atoms with Crippen molar-refractivity contribution in [1.82, 2.24) is 10.3 Å². The van der Waals surface area contributed by atoms with E-state index in [9.17, 15) is 18.5 Å². The zero-order chi connectivity index (χ0) is 23.3. The molecule has 0 spiro atoms. The van der Waals surface area contributed by atoms with Crippen LogP contribution < -0.4 is 10.2 Å². The Morgan fingerprint density at radius 2 is 1.94 bits per heavy atom. The third-order valence-electron chi connectivity index (χ3n) is 5.59. The number of nitriles is 1. The Balaban J connectivity index is 1.25. The van der Waals surface area contributed by atoms with Gasteiger partial charge < -0.3 is 19.1 Å². The van der Waals surface area contributed by atoms with Gasteiger partial charge in [0.15, 0.2) is 15.6 Å². The second kappa shape index (κ2) is 9.92. The molecule has 3 aromatic rings. The fourth-order valence-electron chi connectivity index (χ4n) is 3.81. The average Bonchev–Trinajstić information content (AvgIpc) is 3.52. The summed E-state index contributed by atoms with van der Waals surface area (Å²) in [5, 5.41) is 12.3. The maximum absolute atomic E-state index is 12.5. The van der Waals surface area contributed by atoms with Crippen LogP contribution in [0.3, 0.4) is 0 Å². The molecule has 0 aliphatic carbocycles. The Morgan fingerprint density at radius 3 is 2.61 bits per heavy atom. The molecule has 0 atom stereocenters. The van der Waals surface area contributed by atoms with E-state index in [2.05, 4.69) is 16.4 Å². The van der Waals surface area contributed by atoms with Gasteiger partial charge >= 0.3 is 0 Å². The molecule has 10 heteroatoms. The second-order valence-electron chi connectivity index (χ2n) is 7.80. The van der Waals surface area contributed by atoms with Crippen molar-refractivity contribution in [3.63, 3.8) is 0 Å². The average molecular weight is 469 g/mol. The minimum Gasteiger partial charge on any atom is -0.459 e. The molecule has 3 heterocycles. The Labute approximate surface area is 191 Å². The van der Waals surface area contributed by atoms with Gasteiger partial charge in [0.25, 0.3) is 5.89 Å². The molecule has 4 rings (SSSR count). The Bertz CT molecular complexity index is 1220. The molecule has 2 aromatic heterocycles. The van der Waals surface area contributed by atoms with Crippen LogP contribution in [0.4, 0.5) is 5.88 Å². The number of piperidine rings is 1. The molecule has 0 saturated carbocycles. The molecule has 0 radical (unpaired) electrons. The SMILES string of the molecule is N#Cc1nc(-c2ccco2)oc1N1CCC(C(=O)NCCCS(=O)(=O)c2ccccc2)CC1. The molecule has 1 saturated heterocycles. The summed E-state index contributed by atoms with van der Waals surface area (Å²) in [5.74, 6) is 0.800. The van der Waals surface area contributed by atoms with Gasteiger partial charge in [-0.1, -0.05) is 18.2 Å². The van der Waals surface area contributed by atoms with Crippen molar-refractivity contribution in [2.24, 2.45) is 5.92 Å². The molecular formula is C23H24N4O5S. The molecule has 1 aliphatic rings. The van der Waals surface area contributed by atoms with Crippen LogP contribution in [0.2, 0.25) is 0 Å². The normalized spacial score (nSPS) is 14.7. The van der Waals surface area contributed by atoms with Crippen molar-refractivity contribution < 1.29 is 22.0 Å².